The Labute approximate surface area is 187 Å². The molecule has 0 aromatic heterocycles. The number of nitrogens with two attached hydrogens (primary N) is 1. The number of amides is 3. The summed E-state index contributed by atoms with van der Waals surface area (Å²) in [7, 11) is 0. The molecule has 0 aliphatic heterocycles. The second-order valence-corrected chi connectivity index (χ2v) is 8.14. The lowest BCUT2D eigenvalue weighted by Crippen LogP contribution is -2.58. The van der Waals surface area contributed by atoms with Crippen LogP contribution >= 0.6 is 0 Å². The largest absolute Gasteiger partial charge is 0.508 e. The van der Waals surface area contributed by atoms with Crippen LogP contribution in [0.4, 0.5) is 0 Å². The SMILES string of the molecule is CCC(C)C(NC(=O)C(Cc1ccc(O)cc1)NC(=O)C(NC(=O)CN)C(C)C)C(=O)O. The molecule has 0 aliphatic rings. The normalized spacial score (nSPS) is 14.7. The van der Waals surface area contributed by atoms with Crippen LogP contribution in [0.15, 0.2) is 24.3 Å². The van der Waals surface area contributed by atoms with Crippen molar-refractivity contribution < 1.29 is 29.4 Å². The molecular weight excluding hydrogens is 416 g/mol. The minimum atomic E-state index is -1.17. The Morgan fingerprint density at radius 2 is 1.53 bits per heavy atom. The first-order valence-corrected chi connectivity index (χ1v) is 10.6. The van der Waals surface area contributed by atoms with Crippen molar-refractivity contribution in [1.29, 1.82) is 0 Å². The van der Waals surface area contributed by atoms with E-state index in [1.54, 1.807) is 32.9 Å². The average molecular weight is 451 g/mol. The molecule has 178 valence electrons. The third-order valence-corrected chi connectivity index (χ3v) is 5.24. The van der Waals surface area contributed by atoms with E-state index in [1.807, 2.05) is 6.92 Å². The molecular formula is C22H34N4O6. The van der Waals surface area contributed by atoms with Crippen LogP contribution in [-0.4, -0.2) is 58.6 Å². The number of rotatable bonds is 12. The molecule has 1 aromatic carbocycles. The molecule has 4 atom stereocenters. The third kappa shape index (κ3) is 8.18. The molecule has 0 fully saturated rings. The zero-order valence-electron chi connectivity index (χ0n) is 18.9. The van der Waals surface area contributed by atoms with Gasteiger partial charge < -0.3 is 31.9 Å². The molecule has 1 rings (SSSR count). The molecule has 0 radical (unpaired) electrons. The van der Waals surface area contributed by atoms with Crippen molar-refractivity contribution in [3.63, 3.8) is 0 Å². The van der Waals surface area contributed by atoms with Crippen LogP contribution < -0.4 is 21.7 Å². The molecule has 7 N–H and O–H groups in total. The molecule has 1 aromatic rings. The Morgan fingerprint density at radius 1 is 0.938 bits per heavy atom. The number of nitrogens with one attached hydrogen (secondary N) is 3. The van der Waals surface area contributed by atoms with Gasteiger partial charge in [-0.3, -0.25) is 14.4 Å². The van der Waals surface area contributed by atoms with Crippen molar-refractivity contribution in [1.82, 2.24) is 16.0 Å². The maximum atomic E-state index is 13.0. The fourth-order valence-electron chi connectivity index (χ4n) is 3.04. The number of hydrogen-bond acceptors (Lipinski definition) is 6. The number of carbonyl (C=O) groups excluding carboxylic acids is 3. The van der Waals surface area contributed by atoms with Gasteiger partial charge in [0, 0.05) is 6.42 Å². The van der Waals surface area contributed by atoms with Gasteiger partial charge in [0.1, 0.15) is 23.9 Å². The maximum absolute atomic E-state index is 13.0. The quantitative estimate of drug-likeness (QED) is 0.263. The lowest BCUT2D eigenvalue weighted by Gasteiger charge is -2.27. The monoisotopic (exact) mass is 450 g/mol. The van der Waals surface area contributed by atoms with Crippen molar-refractivity contribution in [2.24, 2.45) is 17.6 Å². The Kier molecular flexibility index (Phi) is 10.6. The second kappa shape index (κ2) is 12.7. The lowest BCUT2D eigenvalue weighted by molar-refractivity contribution is -0.143. The second-order valence-electron chi connectivity index (χ2n) is 8.14. The standard InChI is InChI=1S/C22H34N4O6/c1-5-13(4)19(22(31)32)26-20(29)16(10-14-6-8-15(27)9-7-14)24-21(30)18(12(2)3)25-17(28)11-23/h6-9,12-13,16,18-19,27H,5,10-11,23H2,1-4H3,(H,24,30)(H,25,28)(H,26,29)(H,31,32). The molecule has 0 aliphatic carbocycles. The Balaban J connectivity index is 3.14. The van der Waals surface area contributed by atoms with Crippen LogP contribution in [-0.2, 0) is 25.6 Å². The van der Waals surface area contributed by atoms with Gasteiger partial charge in [-0.15, -0.1) is 0 Å². The van der Waals surface area contributed by atoms with Crippen LogP contribution in [0.25, 0.3) is 0 Å². The van der Waals surface area contributed by atoms with E-state index in [4.69, 9.17) is 5.73 Å². The topological polar surface area (TPSA) is 171 Å². The summed E-state index contributed by atoms with van der Waals surface area (Å²) in [4.78, 5) is 49.3. The van der Waals surface area contributed by atoms with Crippen LogP contribution in [0.3, 0.4) is 0 Å². The molecule has 0 saturated heterocycles. The van der Waals surface area contributed by atoms with Gasteiger partial charge in [-0.25, -0.2) is 4.79 Å². The zero-order chi connectivity index (χ0) is 24.4. The average Bonchev–Trinajstić information content (AvgIpc) is 2.75. The van der Waals surface area contributed by atoms with E-state index in [2.05, 4.69) is 16.0 Å². The van der Waals surface area contributed by atoms with Gasteiger partial charge in [0.25, 0.3) is 0 Å². The van der Waals surface area contributed by atoms with E-state index in [1.165, 1.54) is 12.1 Å². The summed E-state index contributed by atoms with van der Waals surface area (Å²) in [6, 6.07) is 2.94. The van der Waals surface area contributed by atoms with E-state index in [9.17, 15) is 29.4 Å². The number of benzene rings is 1. The van der Waals surface area contributed by atoms with Crippen molar-refractivity contribution in [3.05, 3.63) is 29.8 Å². The first-order valence-electron chi connectivity index (χ1n) is 10.6. The zero-order valence-corrected chi connectivity index (χ0v) is 18.9. The Morgan fingerprint density at radius 3 is 2.00 bits per heavy atom. The number of hydrogen-bond donors (Lipinski definition) is 6. The fourth-order valence-corrected chi connectivity index (χ4v) is 3.04. The number of aromatic hydroxyl groups is 1. The molecule has 10 heteroatoms. The highest BCUT2D eigenvalue weighted by atomic mass is 16.4. The third-order valence-electron chi connectivity index (χ3n) is 5.24. The van der Waals surface area contributed by atoms with Gasteiger partial charge in [-0.2, -0.15) is 0 Å². The first-order chi connectivity index (χ1) is 15.0. The van der Waals surface area contributed by atoms with Gasteiger partial charge >= 0.3 is 5.97 Å². The van der Waals surface area contributed by atoms with Crippen molar-refractivity contribution >= 4 is 23.7 Å². The van der Waals surface area contributed by atoms with Gasteiger partial charge in [0.05, 0.1) is 6.54 Å². The number of carboxylic acids is 1. The van der Waals surface area contributed by atoms with Crippen LogP contribution in [0.5, 0.6) is 5.75 Å². The van der Waals surface area contributed by atoms with Crippen LogP contribution in [0.2, 0.25) is 0 Å². The van der Waals surface area contributed by atoms with E-state index in [-0.39, 0.29) is 30.6 Å². The summed E-state index contributed by atoms with van der Waals surface area (Å²) < 4.78 is 0. The number of carbonyl (C=O) groups is 4. The molecule has 10 nitrogen and oxygen atoms in total. The maximum Gasteiger partial charge on any atom is 0.326 e. The highest BCUT2D eigenvalue weighted by Gasteiger charge is 2.32. The molecule has 4 unspecified atom stereocenters. The van der Waals surface area contributed by atoms with E-state index in [0.717, 1.165) is 0 Å². The highest BCUT2D eigenvalue weighted by molar-refractivity contribution is 5.93. The van der Waals surface area contributed by atoms with Crippen molar-refractivity contribution in [2.45, 2.75) is 58.7 Å². The summed E-state index contributed by atoms with van der Waals surface area (Å²) in [6.45, 7) is 6.71. The molecule has 32 heavy (non-hydrogen) atoms. The molecule has 0 spiro atoms. The summed E-state index contributed by atoms with van der Waals surface area (Å²) in [5, 5.41) is 26.7. The van der Waals surface area contributed by atoms with Gasteiger partial charge in [0.15, 0.2) is 0 Å². The van der Waals surface area contributed by atoms with Crippen LogP contribution in [0, 0.1) is 11.8 Å². The van der Waals surface area contributed by atoms with Crippen molar-refractivity contribution in [3.8, 4) is 5.75 Å². The van der Waals surface area contributed by atoms with Crippen LogP contribution in [0.1, 0.15) is 39.7 Å². The number of aliphatic carboxylic acids is 1. The Hall–Kier alpha value is -3.14. The minimum Gasteiger partial charge on any atom is -0.508 e. The Bertz CT molecular complexity index is 796. The molecule has 0 bridgehead atoms. The number of phenolic OH excluding ortho intramolecular Hbond substituents is 1. The number of carboxylic acid groups (broad SMARTS) is 1. The van der Waals surface area contributed by atoms with Gasteiger partial charge in [0.2, 0.25) is 17.7 Å². The lowest BCUT2D eigenvalue weighted by atomic mass is 9.97. The predicted octanol–water partition coefficient (Wildman–Crippen LogP) is 0.135. The highest BCUT2D eigenvalue weighted by Crippen LogP contribution is 2.13. The summed E-state index contributed by atoms with van der Waals surface area (Å²) in [6.07, 6.45) is 0.590. The van der Waals surface area contributed by atoms with Crippen molar-refractivity contribution in [2.75, 3.05) is 6.54 Å². The van der Waals surface area contributed by atoms with E-state index in [0.29, 0.717) is 12.0 Å². The molecule has 0 heterocycles. The van der Waals surface area contributed by atoms with E-state index >= 15 is 0 Å². The van der Waals surface area contributed by atoms with E-state index < -0.39 is 41.8 Å². The summed E-state index contributed by atoms with van der Waals surface area (Å²) in [5.74, 6) is -3.49. The smallest absolute Gasteiger partial charge is 0.326 e. The number of phenols is 1. The summed E-state index contributed by atoms with van der Waals surface area (Å²) in [5.41, 5.74) is 5.97. The minimum absolute atomic E-state index is 0.0471. The van der Waals surface area contributed by atoms with Gasteiger partial charge in [-0.05, 0) is 29.5 Å². The fraction of sp³-hybridized carbons (Fsp3) is 0.545. The first kappa shape index (κ1) is 26.9. The predicted molar refractivity (Wildman–Crippen MR) is 119 cm³/mol. The summed E-state index contributed by atoms with van der Waals surface area (Å²) >= 11 is 0. The molecule has 0 saturated carbocycles. The van der Waals surface area contributed by atoms with Gasteiger partial charge in [-0.1, -0.05) is 46.2 Å². The molecule has 3 amide bonds.